The number of carbonyl (C=O) groups excluding carboxylic acids is 4. The van der Waals surface area contributed by atoms with E-state index in [0.717, 1.165) is 12.0 Å². The molecule has 35 heavy (non-hydrogen) atoms. The van der Waals surface area contributed by atoms with Gasteiger partial charge < -0.3 is 10.1 Å². The number of hydrogen-bond donors (Lipinski definition) is 1. The molecule has 0 spiro atoms. The molecule has 3 rings (SSSR count). The number of rotatable bonds is 7. The number of ether oxygens (including phenoxy) is 1. The van der Waals surface area contributed by atoms with Crippen LogP contribution < -0.4 is 5.32 Å². The summed E-state index contributed by atoms with van der Waals surface area (Å²) in [5.41, 5.74) is 0.854. The Bertz CT molecular complexity index is 1210. The van der Waals surface area contributed by atoms with Crippen LogP contribution >= 0.6 is 114 Å². The maximum absolute atomic E-state index is 13.4. The first-order chi connectivity index (χ1) is 16.3. The SMILES string of the molecule is CC(C)C[C@H](C(=O)OCC(=O)Nc1cc(Cl)ccc1Cl)N1C(=O)c2c(I)c(I)c(I)c(I)c2C1=O. The average Bonchev–Trinajstić information content (AvgIpc) is 3.05. The van der Waals surface area contributed by atoms with Crippen LogP contribution in [-0.2, 0) is 14.3 Å². The predicted molar refractivity (Wildman–Crippen MR) is 167 cm³/mol. The number of imide groups is 1. The number of carbonyl (C=O) groups is 4. The van der Waals surface area contributed by atoms with Crippen molar-refractivity contribution in [3.05, 3.63) is 53.7 Å². The first-order valence-electron chi connectivity index (χ1n) is 10.0. The van der Waals surface area contributed by atoms with Gasteiger partial charge in [-0.1, -0.05) is 37.0 Å². The first kappa shape index (κ1) is 29.6. The van der Waals surface area contributed by atoms with Crippen LogP contribution in [0.5, 0.6) is 0 Å². The molecule has 7 nitrogen and oxygen atoms in total. The van der Waals surface area contributed by atoms with Gasteiger partial charge in [0.25, 0.3) is 17.7 Å². The fourth-order valence-corrected chi connectivity index (χ4v) is 7.40. The van der Waals surface area contributed by atoms with Crippen molar-refractivity contribution in [3.8, 4) is 0 Å². The number of nitrogens with zero attached hydrogens (tertiary/aromatic N) is 1. The summed E-state index contributed by atoms with van der Waals surface area (Å²) in [6.45, 7) is 3.11. The maximum atomic E-state index is 13.4. The van der Waals surface area contributed by atoms with Gasteiger partial charge in [-0.25, -0.2) is 4.79 Å². The molecule has 2 aromatic rings. The minimum Gasteiger partial charge on any atom is -0.454 e. The van der Waals surface area contributed by atoms with E-state index in [1.165, 1.54) is 12.1 Å². The summed E-state index contributed by atoms with van der Waals surface area (Å²) >= 11 is 20.4. The zero-order valence-corrected chi connectivity index (χ0v) is 28.2. The van der Waals surface area contributed by atoms with E-state index in [-0.39, 0.29) is 23.0 Å². The number of nitrogens with one attached hydrogen (secondary N) is 1. The van der Waals surface area contributed by atoms with Crippen LogP contribution in [0.25, 0.3) is 0 Å². The van der Waals surface area contributed by atoms with Gasteiger partial charge in [0.1, 0.15) is 6.04 Å². The highest BCUT2D eigenvalue weighted by Crippen LogP contribution is 2.39. The van der Waals surface area contributed by atoms with Crippen molar-refractivity contribution >= 4 is 143 Å². The lowest BCUT2D eigenvalue weighted by atomic mass is 10.0. The van der Waals surface area contributed by atoms with Crippen LogP contribution in [0.3, 0.4) is 0 Å². The number of halogens is 6. The molecule has 0 saturated carbocycles. The van der Waals surface area contributed by atoms with Crippen LogP contribution in [-0.4, -0.2) is 41.2 Å². The zero-order chi connectivity index (χ0) is 26.2. The summed E-state index contributed by atoms with van der Waals surface area (Å²) in [6, 6.07) is 3.39. The topological polar surface area (TPSA) is 92.8 Å². The van der Waals surface area contributed by atoms with Crippen LogP contribution in [0, 0.1) is 20.2 Å². The fourth-order valence-electron chi connectivity index (χ4n) is 3.42. The second kappa shape index (κ2) is 12.3. The third kappa shape index (κ3) is 6.37. The van der Waals surface area contributed by atoms with Gasteiger partial charge in [-0.2, -0.15) is 0 Å². The molecule has 1 atom stereocenters. The third-order valence-corrected chi connectivity index (χ3v) is 12.9. The van der Waals surface area contributed by atoms with Crippen LogP contribution in [0.15, 0.2) is 18.2 Å². The summed E-state index contributed by atoms with van der Waals surface area (Å²) in [4.78, 5) is 53.2. The summed E-state index contributed by atoms with van der Waals surface area (Å²) in [7, 11) is 0. The number of hydrogen-bond acceptors (Lipinski definition) is 5. The zero-order valence-electron chi connectivity index (χ0n) is 18.1. The molecule has 2 aromatic carbocycles. The third-order valence-electron chi connectivity index (χ3n) is 4.96. The van der Waals surface area contributed by atoms with Gasteiger partial charge in [0.15, 0.2) is 6.61 Å². The Morgan fingerprint density at radius 3 is 2.03 bits per heavy atom. The summed E-state index contributed by atoms with van der Waals surface area (Å²) < 4.78 is 8.31. The minimum absolute atomic E-state index is 0.0330. The standard InChI is InChI=1S/C22H16Cl2I4N2O5/c1-8(2)5-12(22(34)35-7-13(31)29-11-6-9(23)3-4-10(11)24)30-20(32)14-15(21(30)33)17(26)19(28)18(27)16(14)25/h3-4,6,8,12H,5,7H2,1-2H3,(H,29,31)/t12-/m1/s1. The molecule has 1 N–H and O–H groups in total. The van der Waals surface area contributed by atoms with Crippen molar-refractivity contribution in [1.82, 2.24) is 4.90 Å². The van der Waals surface area contributed by atoms with E-state index in [2.05, 4.69) is 95.7 Å². The number of anilines is 1. The number of fused-ring (bicyclic) bond motifs is 1. The molecule has 186 valence electrons. The van der Waals surface area contributed by atoms with Crippen molar-refractivity contribution in [1.29, 1.82) is 0 Å². The molecule has 13 heteroatoms. The molecule has 1 aliphatic heterocycles. The maximum Gasteiger partial charge on any atom is 0.329 e. The molecule has 0 bridgehead atoms. The average molecular weight is 967 g/mol. The largest absolute Gasteiger partial charge is 0.454 e. The second-order valence-corrected chi connectivity index (χ2v) is 13.1. The molecule has 0 fully saturated rings. The van der Waals surface area contributed by atoms with Gasteiger partial charge in [-0.15, -0.1) is 0 Å². The van der Waals surface area contributed by atoms with Crippen molar-refractivity contribution in [2.45, 2.75) is 26.3 Å². The molecule has 3 amide bonds. The van der Waals surface area contributed by atoms with E-state index in [9.17, 15) is 19.2 Å². The molecule has 0 aliphatic carbocycles. The summed E-state index contributed by atoms with van der Waals surface area (Å²) in [6.07, 6.45) is 0.188. The van der Waals surface area contributed by atoms with E-state index < -0.39 is 36.3 Å². The van der Waals surface area contributed by atoms with E-state index in [1.54, 1.807) is 6.07 Å². The molecule has 0 radical (unpaired) electrons. The molecule has 1 heterocycles. The van der Waals surface area contributed by atoms with E-state index >= 15 is 0 Å². The lowest BCUT2D eigenvalue weighted by molar-refractivity contribution is -0.151. The fraction of sp³-hybridized carbons (Fsp3) is 0.273. The molecule has 0 unspecified atom stereocenters. The van der Waals surface area contributed by atoms with Gasteiger partial charge >= 0.3 is 5.97 Å². The van der Waals surface area contributed by atoms with Crippen molar-refractivity contribution in [2.75, 3.05) is 11.9 Å². The molecular weight excluding hydrogens is 951 g/mol. The number of benzene rings is 2. The number of amides is 3. The van der Waals surface area contributed by atoms with Crippen LogP contribution in [0.2, 0.25) is 10.0 Å². The number of esters is 1. The molecule has 0 saturated heterocycles. The Morgan fingerprint density at radius 1 is 0.971 bits per heavy atom. The molecule has 0 aromatic heterocycles. The highest BCUT2D eigenvalue weighted by atomic mass is 127. The van der Waals surface area contributed by atoms with Crippen molar-refractivity contribution < 1.29 is 23.9 Å². The molecular formula is C22H16Cl2I4N2O5. The van der Waals surface area contributed by atoms with Gasteiger partial charge in [0.05, 0.1) is 21.8 Å². The minimum atomic E-state index is -1.17. The lowest BCUT2D eigenvalue weighted by Gasteiger charge is -2.26. The first-order valence-corrected chi connectivity index (χ1v) is 15.1. The van der Waals surface area contributed by atoms with E-state index in [4.69, 9.17) is 27.9 Å². The van der Waals surface area contributed by atoms with Crippen molar-refractivity contribution in [2.24, 2.45) is 5.92 Å². The van der Waals surface area contributed by atoms with Gasteiger partial charge in [0, 0.05) is 19.3 Å². The van der Waals surface area contributed by atoms with Crippen LogP contribution in [0.1, 0.15) is 41.0 Å². The normalized spacial score (nSPS) is 13.8. The molecule has 1 aliphatic rings. The summed E-state index contributed by atoms with van der Waals surface area (Å²) in [5, 5.41) is 3.17. The predicted octanol–water partition coefficient (Wildman–Crippen LogP) is 6.60. The van der Waals surface area contributed by atoms with Crippen LogP contribution in [0.4, 0.5) is 5.69 Å². The van der Waals surface area contributed by atoms with Crippen molar-refractivity contribution in [3.63, 3.8) is 0 Å². The highest BCUT2D eigenvalue weighted by molar-refractivity contribution is 14.1. The Kier molecular flexibility index (Phi) is 10.4. The van der Waals surface area contributed by atoms with Gasteiger partial charge in [-0.3, -0.25) is 19.3 Å². The van der Waals surface area contributed by atoms with Gasteiger partial charge in [-0.05, 0) is 121 Å². The highest BCUT2D eigenvalue weighted by Gasteiger charge is 2.47. The van der Waals surface area contributed by atoms with E-state index in [1.807, 2.05) is 13.8 Å². The van der Waals surface area contributed by atoms with E-state index in [0.29, 0.717) is 23.3 Å². The quantitative estimate of drug-likeness (QED) is 0.111. The monoisotopic (exact) mass is 966 g/mol. The Labute approximate surface area is 266 Å². The Hall–Kier alpha value is 0.0200. The van der Waals surface area contributed by atoms with Gasteiger partial charge in [0.2, 0.25) is 0 Å². The Balaban J connectivity index is 1.83. The smallest absolute Gasteiger partial charge is 0.329 e. The summed E-state index contributed by atoms with van der Waals surface area (Å²) in [5.74, 6) is -2.59. The lowest BCUT2D eigenvalue weighted by Crippen LogP contribution is -2.47. The second-order valence-electron chi connectivity index (χ2n) is 7.91. The Morgan fingerprint density at radius 2 is 1.51 bits per heavy atom.